The molecular weight excluding hydrogens is 376 g/mol. The molecule has 6 heteroatoms. The number of ether oxygens (including phenoxy) is 1. The number of nitrogens with zero attached hydrogens (tertiary/aromatic N) is 2. The van der Waals surface area contributed by atoms with Crippen LogP contribution in [0.25, 0.3) is 21.7 Å². The highest BCUT2D eigenvalue weighted by atomic mass is 35.5. The number of hydrogen-bond acceptors (Lipinski definition) is 4. The van der Waals surface area contributed by atoms with E-state index >= 15 is 0 Å². The Hall–Kier alpha value is -3.31. The largest absolute Gasteiger partial charge is 0.451 e. The number of rotatable bonds is 2. The molecule has 1 aliphatic rings. The van der Waals surface area contributed by atoms with Crippen LogP contribution in [-0.2, 0) is 9.53 Å². The zero-order chi connectivity index (χ0) is 19.3. The smallest absolute Gasteiger partial charge is 0.277 e. The molecule has 3 aromatic carbocycles. The fraction of sp³-hybridized carbons (Fsp3) is 0.0909. The van der Waals surface area contributed by atoms with Crippen molar-refractivity contribution in [3.05, 3.63) is 83.1 Å². The van der Waals surface area contributed by atoms with Crippen LogP contribution in [0, 0.1) is 0 Å². The predicted octanol–water partition coefficient (Wildman–Crippen LogP) is 5.48. The Balaban J connectivity index is 1.57. The van der Waals surface area contributed by atoms with Crippen LogP contribution in [0.1, 0.15) is 24.5 Å². The van der Waals surface area contributed by atoms with Crippen LogP contribution in [-0.4, -0.2) is 16.8 Å². The van der Waals surface area contributed by atoms with Crippen molar-refractivity contribution < 1.29 is 13.9 Å². The lowest BCUT2D eigenvalue weighted by Gasteiger charge is -2.19. The average Bonchev–Trinajstić information content (AvgIpc) is 3.33. The second-order valence-corrected chi connectivity index (χ2v) is 7.04. The van der Waals surface area contributed by atoms with Crippen LogP contribution in [0.4, 0.5) is 0 Å². The SMILES string of the molecule is CC(=O)N1N=C(c2cc3c(ccc4ccccc43)o2)OC1c1ccc(Cl)cc1. The second kappa shape index (κ2) is 6.39. The Bertz CT molecular complexity index is 1240. The van der Waals surface area contributed by atoms with E-state index in [0.29, 0.717) is 10.8 Å². The third kappa shape index (κ3) is 2.72. The van der Waals surface area contributed by atoms with E-state index in [9.17, 15) is 4.79 Å². The summed E-state index contributed by atoms with van der Waals surface area (Å²) in [5.41, 5.74) is 1.52. The number of hydrazone groups is 1. The van der Waals surface area contributed by atoms with Gasteiger partial charge in [-0.1, -0.05) is 54.1 Å². The van der Waals surface area contributed by atoms with E-state index in [0.717, 1.165) is 27.3 Å². The van der Waals surface area contributed by atoms with Crippen LogP contribution in [0.5, 0.6) is 0 Å². The number of halogens is 1. The zero-order valence-electron chi connectivity index (χ0n) is 14.9. The molecule has 1 aliphatic heterocycles. The Morgan fingerprint density at radius 3 is 2.61 bits per heavy atom. The second-order valence-electron chi connectivity index (χ2n) is 6.60. The number of amides is 1. The normalized spacial score (nSPS) is 16.4. The first kappa shape index (κ1) is 16.8. The molecule has 0 bridgehead atoms. The van der Waals surface area contributed by atoms with Crippen molar-refractivity contribution in [1.82, 2.24) is 5.01 Å². The number of hydrogen-bond donors (Lipinski definition) is 0. The number of benzene rings is 3. The first-order valence-electron chi connectivity index (χ1n) is 8.82. The van der Waals surface area contributed by atoms with Gasteiger partial charge in [-0.15, -0.1) is 5.10 Å². The van der Waals surface area contributed by atoms with Gasteiger partial charge in [-0.05, 0) is 35.0 Å². The molecule has 0 saturated heterocycles. The van der Waals surface area contributed by atoms with Crippen LogP contribution < -0.4 is 0 Å². The maximum Gasteiger partial charge on any atom is 0.277 e. The summed E-state index contributed by atoms with van der Waals surface area (Å²) in [7, 11) is 0. The monoisotopic (exact) mass is 390 g/mol. The molecule has 0 saturated carbocycles. The maximum absolute atomic E-state index is 12.1. The highest BCUT2D eigenvalue weighted by molar-refractivity contribution is 6.30. The van der Waals surface area contributed by atoms with E-state index in [1.54, 1.807) is 12.1 Å². The van der Waals surface area contributed by atoms with Crippen molar-refractivity contribution in [2.24, 2.45) is 5.10 Å². The van der Waals surface area contributed by atoms with Gasteiger partial charge in [0.2, 0.25) is 12.1 Å². The van der Waals surface area contributed by atoms with Crippen LogP contribution in [0.2, 0.25) is 5.02 Å². The third-order valence-electron chi connectivity index (χ3n) is 4.76. The van der Waals surface area contributed by atoms with Gasteiger partial charge in [-0.3, -0.25) is 4.79 Å². The lowest BCUT2D eigenvalue weighted by molar-refractivity contribution is -0.135. The van der Waals surface area contributed by atoms with Crippen LogP contribution in [0.15, 0.2) is 76.2 Å². The van der Waals surface area contributed by atoms with Crippen LogP contribution >= 0.6 is 11.6 Å². The Kier molecular flexibility index (Phi) is 3.84. The summed E-state index contributed by atoms with van der Waals surface area (Å²) >= 11 is 5.97. The Morgan fingerprint density at radius 2 is 1.82 bits per heavy atom. The molecule has 1 atom stereocenters. The first-order valence-corrected chi connectivity index (χ1v) is 9.20. The molecular formula is C22H15ClN2O3. The minimum absolute atomic E-state index is 0.225. The third-order valence-corrected chi connectivity index (χ3v) is 5.01. The highest BCUT2D eigenvalue weighted by Crippen LogP contribution is 2.34. The minimum atomic E-state index is -0.658. The van der Waals surface area contributed by atoms with Gasteiger partial charge in [0.15, 0.2) is 5.76 Å². The Morgan fingerprint density at radius 1 is 1.04 bits per heavy atom. The molecule has 4 aromatic rings. The van der Waals surface area contributed by atoms with E-state index in [4.69, 9.17) is 20.8 Å². The summed E-state index contributed by atoms with van der Waals surface area (Å²) in [6.07, 6.45) is -0.658. The summed E-state index contributed by atoms with van der Waals surface area (Å²) in [6, 6.07) is 21.1. The van der Waals surface area contributed by atoms with Crippen molar-refractivity contribution >= 4 is 45.1 Å². The van der Waals surface area contributed by atoms with Gasteiger partial charge in [0, 0.05) is 22.9 Å². The summed E-state index contributed by atoms with van der Waals surface area (Å²) < 4.78 is 12.0. The van der Waals surface area contributed by atoms with Crippen molar-refractivity contribution in [2.45, 2.75) is 13.2 Å². The molecule has 138 valence electrons. The molecule has 2 heterocycles. The fourth-order valence-electron chi connectivity index (χ4n) is 3.41. The predicted molar refractivity (Wildman–Crippen MR) is 108 cm³/mol. The van der Waals surface area contributed by atoms with Gasteiger partial charge in [0.25, 0.3) is 5.90 Å². The highest BCUT2D eigenvalue weighted by Gasteiger charge is 2.34. The molecule has 28 heavy (non-hydrogen) atoms. The zero-order valence-corrected chi connectivity index (χ0v) is 15.7. The lowest BCUT2D eigenvalue weighted by Crippen LogP contribution is -2.25. The van der Waals surface area contributed by atoms with E-state index in [-0.39, 0.29) is 11.8 Å². The van der Waals surface area contributed by atoms with E-state index in [1.807, 2.05) is 48.5 Å². The van der Waals surface area contributed by atoms with Crippen molar-refractivity contribution in [3.63, 3.8) is 0 Å². The van der Waals surface area contributed by atoms with Gasteiger partial charge in [-0.2, -0.15) is 5.01 Å². The molecule has 0 N–H and O–H groups in total. The number of fused-ring (bicyclic) bond motifs is 3. The average molecular weight is 391 g/mol. The van der Waals surface area contributed by atoms with Crippen LogP contribution in [0.3, 0.4) is 0 Å². The number of carbonyl (C=O) groups is 1. The van der Waals surface area contributed by atoms with Gasteiger partial charge in [-0.25, -0.2) is 0 Å². The lowest BCUT2D eigenvalue weighted by atomic mass is 10.1. The molecule has 0 aliphatic carbocycles. The molecule has 0 radical (unpaired) electrons. The fourth-order valence-corrected chi connectivity index (χ4v) is 3.53. The molecule has 1 amide bonds. The standard InChI is InChI=1S/C22H15ClN2O3/c1-13(26)25-22(15-6-9-16(23)10-7-15)28-21(24-25)20-12-18-17-5-3-2-4-14(17)8-11-19(18)27-20/h2-12,22H,1H3. The van der Waals surface area contributed by atoms with E-state index < -0.39 is 6.23 Å². The Labute approximate surface area is 165 Å². The molecule has 0 fully saturated rings. The summed E-state index contributed by atoms with van der Waals surface area (Å²) in [5.74, 6) is 0.529. The van der Waals surface area contributed by atoms with Crippen molar-refractivity contribution in [3.8, 4) is 0 Å². The van der Waals surface area contributed by atoms with Gasteiger partial charge in [0.05, 0.1) is 0 Å². The van der Waals surface area contributed by atoms with Crippen molar-refractivity contribution in [1.29, 1.82) is 0 Å². The molecule has 1 aromatic heterocycles. The first-order chi connectivity index (χ1) is 13.6. The molecule has 5 rings (SSSR count). The number of carbonyl (C=O) groups excluding carboxylic acids is 1. The quantitative estimate of drug-likeness (QED) is 0.455. The molecule has 0 spiro atoms. The number of furan rings is 1. The summed E-state index contributed by atoms with van der Waals surface area (Å²) in [6.45, 7) is 1.45. The van der Waals surface area contributed by atoms with Gasteiger partial charge >= 0.3 is 0 Å². The summed E-state index contributed by atoms with van der Waals surface area (Å²) in [4.78, 5) is 12.1. The molecule has 1 unspecified atom stereocenters. The van der Waals surface area contributed by atoms with E-state index in [1.165, 1.54) is 11.9 Å². The van der Waals surface area contributed by atoms with Crippen molar-refractivity contribution in [2.75, 3.05) is 0 Å². The maximum atomic E-state index is 12.1. The van der Waals surface area contributed by atoms with Gasteiger partial charge in [0.1, 0.15) is 5.58 Å². The summed E-state index contributed by atoms with van der Waals surface area (Å²) in [5, 5.41) is 9.48. The minimum Gasteiger partial charge on any atom is -0.451 e. The molecule has 5 nitrogen and oxygen atoms in total. The van der Waals surface area contributed by atoms with Gasteiger partial charge < -0.3 is 9.15 Å². The topological polar surface area (TPSA) is 55.0 Å². The van der Waals surface area contributed by atoms with E-state index in [2.05, 4.69) is 11.2 Å².